The lowest BCUT2D eigenvalue weighted by Crippen LogP contribution is -2.68. The summed E-state index contributed by atoms with van der Waals surface area (Å²) >= 11 is 0. The second-order valence-corrected chi connectivity index (χ2v) is 11.7. The summed E-state index contributed by atoms with van der Waals surface area (Å²) in [7, 11) is 0. The van der Waals surface area contributed by atoms with Gasteiger partial charge in [-0.05, 0) is 46.5 Å². The van der Waals surface area contributed by atoms with Crippen molar-refractivity contribution in [3.63, 3.8) is 0 Å². The smallest absolute Gasteiger partial charge is 0.407 e. The van der Waals surface area contributed by atoms with E-state index in [2.05, 4.69) is 5.32 Å². The molecule has 0 bridgehead atoms. The molecule has 13 atom stereocenters. The molecule has 1 amide bonds. The number of alkyl carbamates (subject to hydrolysis) is 1. The molecule has 2 heterocycles. The molecule has 3 aliphatic rings. The maximum Gasteiger partial charge on any atom is 0.407 e. The molecule has 13 unspecified atom stereocenters. The van der Waals surface area contributed by atoms with Crippen LogP contribution in [0.1, 0.15) is 60.3 Å². The Morgan fingerprint density at radius 3 is 2.26 bits per heavy atom. The van der Waals surface area contributed by atoms with Gasteiger partial charge in [-0.25, -0.2) is 4.79 Å². The average Bonchev–Trinajstić information content (AvgIpc) is 2.83. The van der Waals surface area contributed by atoms with Gasteiger partial charge in [-0.2, -0.15) is 0 Å². The molecule has 13 nitrogen and oxygen atoms in total. The molecule has 3 rings (SSSR count). The molecule has 1 saturated carbocycles. The number of nitrogens with one attached hydrogen (secondary N) is 1. The van der Waals surface area contributed by atoms with Gasteiger partial charge in [-0.3, -0.25) is 0 Å². The van der Waals surface area contributed by atoms with Crippen LogP contribution < -0.4 is 16.8 Å². The van der Waals surface area contributed by atoms with Crippen molar-refractivity contribution in [3.8, 4) is 0 Å². The predicted molar refractivity (Wildman–Crippen MR) is 135 cm³/mol. The quantitative estimate of drug-likeness (QED) is 0.205. The highest BCUT2D eigenvalue weighted by molar-refractivity contribution is 5.68. The number of nitrogens with two attached hydrogens (primary N) is 2. The van der Waals surface area contributed by atoms with E-state index in [4.69, 9.17) is 35.2 Å². The van der Waals surface area contributed by atoms with Crippen molar-refractivity contribution >= 4 is 6.09 Å². The number of hydrogen-bond acceptors (Lipinski definition) is 12. The predicted octanol–water partition coefficient (Wildman–Crippen LogP) is -0.940. The van der Waals surface area contributed by atoms with Crippen LogP contribution >= 0.6 is 0 Å². The summed E-state index contributed by atoms with van der Waals surface area (Å²) in [6, 6.07) is -2.71. The summed E-state index contributed by atoms with van der Waals surface area (Å²) in [6.07, 6.45) is -7.27. The highest BCUT2D eigenvalue weighted by atomic mass is 16.7. The molecule has 9 N–H and O–H groups in total. The van der Waals surface area contributed by atoms with Crippen molar-refractivity contribution in [1.82, 2.24) is 5.32 Å². The summed E-state index contributed by atoms with van der Waals surface area (Å²) in [5, 5.41) is 44.5. The number of carbonyl (C=O) groups is 1. The number of aliphatic hydroxyl groups is 4. The Balaban J connectivity index is 1.81. The average molecular weight is 550 g/mol. The summed E-state index contributed by atoms with van der Waals surface area (Å²) in [6.45, 7) is 8.69. The van der Waals surface area contributed by atoms with Gasteiger partial charge in [0.25, 0.3) is 0 Å². The third-order valence-electron chi connectivity index (χ3n) is 7.43. The minimum Gasteiger partial charge on any atom is -0.444 e. The molecule has 0 aromatic rings. The topological polar surface area (TPSA) is 208 Å². The fourth-order valence-electron chi connectivity index (χ4n) is 5.18. The molecule has 2 saturated heterocycles. The highest BCUT2D eigenvalue weighted by Gasteiger charge is 2.51. The Morgan fingerprint density at radius 1 is 1.00 bits per heavy atom. The normalized spacial score (nSPS) is 44.4. The number of rotatable bonds is 7. The third kappa shape index (κ3) is 7.53. The van der Waals surface area contributed by atoms with Gasteiger partial charge in [0.1, 0.15) is 42.2 Å². The van der Waals surface area contributed by atoms with Crippen LogP contribution in [0.25, 0.3) is 0 Å². The summed E-state index contributed by atoms with van der Waals surface area (Å²) < 4.78 is 29.3. The Kier molecular flexibility index (Phi) is 10.8. The molecule has 0 spiro atoms. The molecule has 2 aliphatic heterocycles. The molecule has 13 heteroatoms. The molecule has 222 valence electrons. The first-order valence-electron chi connectivity index (χ1n) is 13.5. The number of carbonyl (C=O) groups excluding carboxylic acids is 1. The van der Waals surface area contributed by atoms with Crippen molar-refractivity contribution in [1.29, 1.82) is 0 Å². The summed E-state index contributed by atoms with van der Waals surface area (Å²) in [5.74, 6) is 0.0374. The molecule has 38 heavy (non-hydrogen) atoms. The first-order chi connectivity index (χ1) is 17.7. The van der Waals surface area contributed by atoms with E-state index in [-0.39, 0.29) is 18.4 Å². The van der Waals surface area contributed by atoms with Crippen molar-refractivity contribution in [3.05, 3.63) is 0 Å². The first-order valence-corrected chi connectivity index (χ1v) is 13.5. The van der Waals surface area contributed by atoms with Gasteiger partial charge in [0.05, 0.1) is 24.8 Å². The van der Waals surface area contributed by atoms with Gasteiger partial charge in [0.2, 0.25) is 0 Å². The lowest BCUT2D eigenvalue weighted by atomic mass is 9.83. The fraction of sp³-hybridized carbons (Fsp3) is 0.960. The zero-order valence-electron chi connectivity index (χ0n) is 22.9. The minimum atomic E-state index is -1.45. The second kappa shape index (κ2) is 13.0. The van der Waals surface area contributed by atoms with E-state index in [1.807, 2.05) is 13.8 Å². The Labute approximate surface area is 224 Å². The van der Waals surface area contributed by atoms with Crippen LogP contribution in [-0.2, 0) is 23.7 Å². The monoisotopic (exact) mass is 549 g/mol. The highest BCUT2D eigenvalue weighted by Crippen LogP contribution is 2.33. The van der Waals surface area contributed by atoms with Crippen LogP contribution in [0.5, 0.6) is 0 Å². The molecule has 0 aromatic heterocycles. The van der Waals surface area contributed by atoms with Gasteiger partial charge in [-0.15, -0.1) is 0 Å². The van der Waals surface area contributed by atoms with Gasteiger partial charge in [0, 0.05) is 12.0 Å². The van der Waals surface area contributed by atoms with E-state index in [1.54, 1.807) is 20.8 Å². The van der Waals surface area contributed by atoms with Crippen LogP contribution in [0.15, 0.2) is 0 Å². The first kappa shape index (κ1) is 31.4. The van der Waals surface area contributed by atoms with E-state index in [9.17, 15) is 25.2 Å². The van der Waals surface area contributed by atoms with Crippen LogP contribution in [0.2, 0.25) is 0 Å². The zero-order chi connectivity index (χ0) is 28.4. The van der Waals surface area contributed by atoms with Gasteiger partial charge in [-0.1, -0.05) is 13.8 Å². The number of amides is 1. The van der Waals surface area contributed by atoms with E-state index in [0.717, 1.165) is 19.3 Å². The van der Waals surface area contributed by atoms with Crippen molar-refractivity contribution < 1.29 is 48.9 Å². The largest absolute Gasteiger partial charge is 0.444 e. The number of ether oxygens (including phenoxy) is 5. The van der Waals surface area contributed by atoms with Crippen molar-refractivity contribution in [2.75, 3.05) is 6.61 Å². The molecular formula is C25H47N3O10. The molecule has 3 fully saturated rings. The molecular weight excluding hydrogens is 502 g/mol. The fourth-order valence-corrected chi connectivity index (χ4v) is 5.18. The van der Waals surface area contributed by atoms with Gasteiger partial charge >= 0.3 is 6.09 Å². The maximum atomic E-state index is 12.6. The molecule has 0 aromatic carbocycles. The number of aliphatic hydroxyl groups excluding tert-OH is 4. The van der Waals surface area contributed by atoms with Crippen molar-refractivity contribution in [2.45, 2.75) is 139 Å². The lowest BCUT2D eigenvalue weighted by Gasteiger charge is -2.48. The summed E-state index contributed by atoms with van der Waals surface area (Å²) in [4.78, 5) is 12.6. The van der Waals surface area contributed by atoms with Gasteiger partial charge < -0.3 is 60.9 Å². The SMILES string of the molecule is CCC1CCC(C)C(OC2C(NC(=O)OC(C)(C)C)CC(N)C(OC3OC(CO)C(O)C(N)C3O)C2O)O1. The standard InChI is InChI=1S/C25H47N3O10/c1-6-12-8-7-11(2)22(34-12)37-21-14(28-24(33)38-25(3,4)5)9-13(26)20(19(21)32)36-23-18(31)16(27)17(30)15(10-29)35-23/h11-23,29-32H,6-10,26-27H2,1-5H3,(H,28,33). The van der Waals surface area contributed by atoms with Crippen LogP contribution in [0, 0.1) is 5.92 Å². The second-order valence-electron chi connectivity index (χ2n) is 11.7. The van der Waals surface area contributed by atoms with Gasteiger partial charge in [0.15, 0.2) is 12.6 Å². The van der Waals surface area contributed by atoms with Crippen LogP contribution in [0.3, 0.4) is 0 Å². The van der Waals surface area contributed by atoms with E-state index in [1.165, 1.54) is 0 Å². The Hall–Kier alpha value is -1.13. The lowest BCUT2D eigenvalue weighted by molar-refractivity contribution is -0.315. The van der Waals surface area contributed by atoms with E-state index in [0.29, 0.717) is 0 Å². The van der Waals surface area contributed by atoms with Crippen LogP contribution in [0.4, 0.5) is 4.79 Å². The summed E-state index contributed by atoms with van der Waals surface area (Å²) in [5.41, 5.74) is 11.6. The number of hydrogen-bond donors (Lipinski definition) is 7. The molecule has 0 radical (unpaired) electrons. The zero-order valence-corrected chi connectivity index (χ0v) is 22.9. The van der Waals surface area contributed by atoms with Crippen molar-refractivity contribution in [2.24, 2.45) is 17.4 Å². The Morgan fingerprint density at radius 2 is 1.66 bits per heavy atom. The van der Waals surface area contributed by atoms with E-state index < -0.39 is 85.6 Å². The third-order valence-corrected chi connectivity index (χ3v) is 7.43. The van der Waals surface area contributed by atoms with Crippen LogP contribution in [-0.4, -0.2) is 112 Å². The Bertz CT molecular complexity index is 768. The maximum absolute atomic E-state index is 12.6. The van der Waals surface area contributed by atoms with E-state index >= 15 is 0 Å². The molecule has 1 aliphatic carbocycles. The minimum absolute atomic E-state index is 0.0117.